The average Bonchev–Trinajstić information content (AvgIpc) is 2.62. The van der Waals surface area contributed by atoms with Crippen molar-refractivity contribution in [3.8, 4) is 0 Å². The van der Waals surface area contributed by atoms with Crippen molar-refractivity contribution >= 4 is 5.91 Å². The summed E-state index contributed by atoms with van der Waals surface area (Å²) in [5.41, 5.74) is 0.980. The molecule has 0 aromatic rings. The van der Waals surface area contributed by atoms with Gasteiger partial charge in [-0.2, -0.15) is 0 Å². The van der Waals surface area contributed by atoms with Crippen LogP contribution < -0.4 is 5.48 Å². The highest BCUT2D eigenvalue weighted by atomic mass is 16.5. The number of nitrogens with one attached hydrogen (secondary N) is 1. The molecule has 0 aromatic carbocycles. The van der Waals surface area contributed by atoms with Gasteiger partial charge in [0.2, 0.25) is 0 Å². The fourth-order valence-electron chi connectivity index (χ4n) is 1.99. The predicted molar refractivity (Wildman–Crippen MR) is 36.0 cm³/mol. The number of carbonyl (C=O) groups excluding carboxylic acids is 1. The highest BCUT2D eigenvalue weighted by Gasteiger charge is 2.51. The Labute approximate surface area is 64.5 Å². The zero-order valence-electron chi connectivity index (χ0n) is 6.17. The van der Waals surface area contributed by atoms with E-state index in [0.717, 1.165) is 25.7 Å². The summed E-state index contributed by atoms with van der Waals surface area (Å²) in [6, 6.07) is 0. The van der Waals surface area contributed by atoms with Gasteiger partial charge in [-0.15, -0.1) is 0 Å². The molecule has 2 bridgehead atoms. The van der Waals surface area contributed by atoms with Crippen LogP contribution in [-0.2, 0) is 9.53 Å². The first-order chi connectivity index (χ1) is 5.27. The Balaban J connectivity index is 2.16. The van der Waals surface area contributed by atoms with Crippen molar-refractivity contribution in [1.82, 2.24) is 5.48 Å². The van der Waals surface area contributed by atoms with Gasteiger partial charge in [-0.1, -0.05) is 0 Å². The third kappa shape index (κ3) is 0.862. The molecule has 4 nitrogen and oxygen atoms in total. The van der Waals surface area contributed by atoms with Crippen LogP contribution >= 0.6 is 0 Å². The Morgan fingerprint density at radius 3 is 2.55 bits per heavy atom. The topological polar surface area (TPSA) is 58.6 Å². The maximum atomic E-state index is 11.1. The van der Waals surface area contributed by atoms with Crippen molar-refractivity contribution in [1.29, 1.82) is 0 Å². The molecule has 2 aliphatic heterocycles. The smallest absolute Gasteiger partial charge is 0.275 e. The van der Waals surface area contributed by atoms with E-state index in [-0.39, 0.29) is 12.0 Å². The molecule has 2 rings (SSSR count). The van der Waals surface area contributed by atoms with Gasteiger partial charge in [-0.25, -0.2) is 5.48 Å². The number of hydroxylamine groups is 1. The summed E-state index contributed by atoms with van der Waals surface area (Å²) in [4.78, 5) is 11.1. The summed E-state index contributed by atoms with van der Waals surface area (Å²) >= 11 is 0. The molecular weight excluding hydrogens is 146 g/mol. The maximum Gasteiger partial charge on any atom is 0.275 e. The van der Waals surface area contributed by atoms with E-state index in [2.05, 4.69) is 0 Å². The fraction of sp³-hybridized carbons (Fsp3) is 0.857. The summed E-state index contributed by atoms with van der Waals surface area (Å²) in [6.45, 7) is 0. The average molecular weight is 157 g/mol. The lowest BCUT2D eigenvalue weighted by molar-refractivity contribution is -0.148. The molecule has 0 saturated carbocycles. The van der Waals surface area contributed by atoms with Crippen LogP contribution in [0.3, 0.4) is 0 Å². The molecule has 62 valence electrons. The predicted octanol–water partition coefficient (Wildman–Crippen LogP) is 0.203. The fourth-order valence-corrected chi connectivity index (χ4v) is 1.99. The van der Waals surface area contributed by atoms with E-state index in [4.69, 9.17) is 9.94 Å². The van der Waals surface area contributed by atoms with Gasteiger partial charge >= 0.3 is 0 Å². The number of hydrogen-bond donors (Lipinski definition) is 2. The van der Waals surface area contributed by atoms with Crippen molar-refractivity contribution in [2.24, 2.45) is 0 Å². The molecule has 11 heavy (non-hydrogen) atoms. The van der Waals surface area contributed by atoms with Gasteiger partial charge in [0.25, 0.3) is 5.91 Å². The van der Waals surface area contributed by atoms with Crippen LogP contribution in [0.5, 0.6) is 0 Å². The second-order valence-corrected chi connectivity index (χ2v) is 3.25. The lowest BCUT2D eigenvalue weighted by atomic mass is 9.88. The van der Waals surface area contributed by atoms with Crippen molar-refractivity contribution in [3.05, 3.63) is 0 Å². The first kappa shape index (κ1) is 7.06. The molecule has 4 heteroatoms. The minimum absolute atomic E-state index is 0.257. The third-order valence-electron chi connectivity index (χ3n) is 2.65. The Morgan fingerprint density at radius 1 is 1.55 bits per heavy atom. The van der Waals surface area contributed by atoms with Gasteiger partial charge in [-0.05, 0) is 25.7 Å². The molecule has 2 aliphatic rings. The molecular formula is C7H11NO3. The van der Waals surface area contributed by atoms with Crippen molar-refractivity contribution in [2.45, 2.75) is 37.4 Å². The minimum Gasteiger partial charge on any atom is -0.362 e. The van der Waals surface area contributed by atoms with Gasteiger partial charge < -0.3 is 4.74 Å². The highest BCUT2D eigenvalue weighted by molar-refractivity contribution is 5.84. The molecule has 0 atom stereocenters. The second-order valence-electron chi connectivity index (χ2n) is 3.25. The molecule has 2 saturated heterocycles. The Bertz CT molecular complexity index is 184. The van der Waals surface area contributed by atoms with E-state index < -0.39 is 5.60 Å². The van der Waals surface area contributed by atoms with Crippen LogP contribution in [0.25, 0.3) is 0 Å². The molecule has 2 fully saturated rings. The summed E-state index contributed by atoms with van der Waals surface area (Å²) in [7, 11) is 0. The Hall–Kier alpha value is -0.610. The molecule has 0 spiro atoms. The summed E-state index contributed by atoms with van der Waals surface area (Å²) in [5, 5.41) is 8.43. The Kier molecular flexibility index (Phi) is 1.40. The molecule has 2 N–H and O–H groups in total. The highest BCUT2D eigenvalue weighted by Crippen LogP contribution is 2.43. The molecule has 0 unspecified atom stereocenters. The molecule has 2 heterocycles. The van der Waals surface area contributed by atoms with Gasteiger partial charge in [0, 0.05) is 0 Å². The lowest BCUT2D eigenvalue weighted by Gasteiger charge is -2.20. The standard InChI is InChI=1S/C7H11NO3/c9-6(8-10)7-3-1-5(11-7)2-4-7/h5,10H,1-4H2,(H,8,9). The van der Waals surface area contributed by atoms with Crippen LogP contribution in [0.15, 0.2) is 0 Å². The number of amides is 1. The van der Waals surface area contributed by atoms with Gasteiger partial charge in [0.15, 0.2) is 0 Å². The van der Waals surface area contributed by atoms with E-state index >= 15 is 0 Å². The minimum atomic E-state index is -0.681. The van der Waals surface area contributed by atoms with E-state index in [1.165, 1.54) is 0 Å². The Morgan fingerprint density at radius 2 is 2.18 bits per heavy atom. The lowest BCUT2D eigenvalue weighted by Crippen LogP contribution is -2.43. The summed E-state index contributed by atoms with van der Waals surface area (Å²) in [6.07, 6.45) is 3.67. The van der Waals surface area contributed by atoms with Crippen LogP contribution in [0.4, 0.5) is 0 Å². The third-order valence-corrected chi connectivity index (χ3v) is 2.65. The van der Waals surface area contributed by atoms with Gasteiger partial charge in [0.05, 0.1) is 6.10 Å². The first-order valence-corrected chi connectivity index (χ1v) is 3.89. The molecule has 0 radical (unpaired) electrons. The van der Waals surface area contributed by atoms with Crippen LogP contribution in [0, 0.1) is 0 Å². The molecule has 0 aromatic heterocycles. The van der Waals surface area contributed by atoms with Gasteiger partial charge in [-0.3, -0.25) is 10.0 Å². The van der Waals surface area contributed by atoms with E-state index in [0.29, 0.717) is 0 Å². The van der Waals surface area contributed by atoms with Crippen molar-refractivity contribution in [3.63, 3.8) is 0 Å². The summed E-state index contributed by atoms with van der Waals surface area (Å²) < 4.78 is 5.44. The zero-order valence-corrected chi connectivity index (χ0v) is 6.17. The second kappa shape index (κ2) is 2.19. The van der Waals surface area contributed by atoms with Crippen LogP contribution in [-0.4, -0.2) is 22.8 Å². The quantitative estimate of drug-likeness (QED) is 0.422. The normalized spacial score (nSPS) is 41.0. The first-order valence-electron chi connectivity index (χ1n) is 3.89. The van der Waals surface area contributed by atoms with Crippen molar-refractivity contribution in [2.75, 3.05) is 0 Å². The number of carbonyl (C=O) groups is 1. The molecule has 0 aliphatic carbocycles. The molecule has 1 amide bonds. The van der Waals surface area contributed by atoms with Crippen molar-refractivity contribution < 1.29 is 14.7 Å². The largest absolute Gasteiger partial charge is 0.362 e. The number of ether oxygens (including phenoxy) is 1. The zero-order chi connectivity index (χ0) is 7.90. The van der Waals surface area contributed by atoms with E-state index in [1.54, 1.807) is 5.48 Å². The van der Waals surface area contributed by atoms with Crippen LogP contribution in [0.1, 0.15) is 25.7 Å². The number of fused-ring (bicyclic) bond motifs is 2. The SMILES string of the molecule is O=C(NO)C12CCC(CC1)O2. The van der Waals surface area contributed by atoms with E-state index in [1.807, 2.05) is 0 Å². The van der Waals surface area contributed by atoms with E-state index in [9.17, 15) is 4.79 Å². The van der Waals surface area contributed by atoms with Crippen LogP contribution in [0.2, 0.25) is 0 Å². The monoisotopic (exact) mass is 157 g/mol. The number of rotatable bonds is 1. The number of hydrogen-bond acceptors (Lipinski definition) is 3. The summed E-state index contributed by atoms with van der Waals surface area (Å²) in [5.74, 6) is -0.377. The maximum absolute atomic E-state index is 11.1. The van der Waals surface area contributed by atoms with Gasteiger partial charge in [0.1, 0.15) is 5.60 Å².